The van der Waals surface area contributed by atoms with Gasteiger partial charge in [-0.05, 0) is 50.5 Å². The Morgan fingerprint density at radius 2 is 0.781 bits per heavy atom. The van der Waals surface area contributed by atoms with Gasteiger partial charge in [-0.2, -0.15) is 0 Å². The van der Waals surface area contributed by atoms with Crippen LogP contribution in [-0.4, -0.2) is 102 Å². The quantitative estimate of drug-likeness (QED) is 0.115. The number of quaternary nitrogens is 2. The van der Waals surface area contributed by atoms with Crippen molar-refractivity contribution in [2.24, 2.45) is 0 Å². The third-order valence-electron chi connectivity index (χ3n) is 3.17. The second-order valence-electron chi connectivity index (χ2n) is 8.26. The molecule has 0 aliphatic rings. The van der Waals surface area contributed by atoms with Crippen LogP contribution in [0.5, 0.6) is 0 Å². The van der Waals surface area contributed by atoms with E-state index in [0.29, 0.717) is 26.4 Å². The first-order valence-electron chi connectivity index (χ1n) is 10.3. The normalized spacial score (nSPS) is 12.3. The fraction of sp³-hybridized carbons (Fsp3) is 1.00. The smallest absolute Gasteiger partial charge is 0.389 e. The Labute approximate surface area is 239 Å². The Balaban J connectivity index is -0.000000231. The maximum atomic E-state index is 12.0. The van der Waals surface area contributed by atoms with Crippen LogP contribution in [0.1, 0.15) is 27.7 Å². The highest BCUT2D eigenvalue weighted by Gasteiger charge is 2.26. The van der Waals surface area contributed by atoms with Gasteiger partial charge in [-0.25, -0.2) is 9.13 Å². The molecule has 0 radical (unpaired) electrons. The van der Waals surface area contributed by atoms with Crippen LogP contribution in [0.15, 0.2) is 0 Å². The highest BCUT2D eigenvalue weighted by molar-refractivity contribution is 8.55. The van der Waals surface area contributed by atoms with Crippen LogP contribution >= 0.6 is 36.4 Å². The van der Waals surface area contributed by atoms with Gasteiger partial charge in [-0.1, -0.05) is 0 Å². The number of rotatable bonds is 16. The second kappa shape index (κ2) is 21.5. The fourth-order valence-electron chi connectivity index (χ4n) is 1.71. The van der Waals surface area contributed by atoms with Crippen molar-refractivity contribution in [3.63, 3.8) is 0 Å². The summed E-state index contributed by atoms with van der Waals surface area (Å²) >= 11 is 2.59. The molecule has 32 heavy (non-hydrogen) atoms. The van der Waals surface area contributed by atoms with Crippen LogP contribution in [-0.2, 0) is 27.2 Å². The summed E-state index contributed by atoms with van der Waals surface area (Å²) in [5, 5.41) is 0. The molecule has 0 aromatic heterocycles. The fourth-order valence-corrected chi connectivity index (χ4v) is 9.12. The minimum Gasteiger partial charge on any atom is -1.00 e. The SMILES string of the molecule is CCOP(=O)(OCC)SCC[N+](C)(C)C.CCOP(=O)(OCC)SCC[N+](C)(C)C.[I-].[I-]. The zero-order valence-electron chi connectivity index (χ0n) is 21.5. The topological polar surface area (TPSA) is 71.1 Å². The van der Waals surface area contributed by atoms with Crippen LogP contribution in [0.4, 0.5) is 0 Å². The van der Waals surface area contributed by atoms with Crippen LogP contribution in [0.2, 0.25) is 0 Å². The first kappa shape index (κ1) is 41.5. The molecule has 0 fully saturated rings. The number of hydrogen-bond donors (Lipinski definition) is 0. The lowest BCUT2D eigenvalue weighted by molar-refractivity contribution is -0.867. The van der Waals surface area contributed by atoms with Gasteiger partial charge in [0, 0.05) is 0 Å². The van der Waals surface area contributed by atoms with Gasteiger partial charge < -0.3 is 75.0 Å². The van der Waals surface area contributed by atoms with Gasteiger partial charge in [-0.3, -0.25) is 0 Å². The van der Waals surface area contributed by atoms with E-state index in [1.165, 1.54) is 22.8 Å². The second-order valence-corrected chi connectivity index (χ2v) is 16.6. The Bertz CT molecular complexity index is 473. The maximum absolute atomic E-state index is 12.0. The predicted octanol–water partition coefficient (Wildman–Crippen LogP) is -0.778. The first-order chi connectivity index (χ1) is 13.7. The van der Waals surface area contributed by atoms with Crippen molar-refractivity contribution in [1.82, 2.24) is 0 Å². The molecule has 0 spiro atoms. The van der Waals surface area contributed by atoms with Crippen LogP contribution < -0.4 is 48.0 Å². The molecule has 200 valence electrons. The Morgan fingerprint density at radius 3 is 0.938 bits per heavy atom. The van der Waals surface area contributed by atoms with Crippen molar-refractivity contribution in [2.75, 3.05) is 93.3 Å². The average molecular weight is 766 g/mol. The Kier molecular flexibility index (Phi) is 27.8. The van der Waals surface area contributed by atoms with Crippen molar-refractivity contribution >= 4 is 36.4 Å². The summed E-state index contributed by atoms with van der Waals surface area (Å²) in [6.45, 7) is 5.08. The molecule has 0 aromatic carbocycles. The lowest BCUT2D eigenvalue weighted by Crippen LogP contribution is -3.00. The van der Waals surface area contributed by atoms with Crippen molar-refractivity contribution in [3.05, 3.63) is 0 Å². The molecule has 0 amide bonds. The van der Waals surface area contributed by atoms with E-state index >= 15 is 0 Å². The molecular weight excluding hydrogens is 720 g/mol. The van der Waals surface area contributed by atoms with Crippen molar-refractivity contribution < 1.29 is 84.1 Å². The number of halogens is 2. The van der Waals surface area contributed by atoms with Crippen LogP contribution in [0, 0.1) is 0 Å². The highest BCUT2D eigenvalue weighted by atomic mass is 127. The van der Waals surface area contributed by atoms with E-state index in [1.54, 1.807) is 0 Å². The molecule has 0 saturated carbocycles. The maximum Gasteiger partial charge on any atom is 0.389 e. The molecule has 0 heterocycles. The van der Waals surface area contributed by atoms with Gasteiger partial charge >= 0.3 is 13.6 Å². The predicted molar refractivity (Wildman–Crippen MR) is 132 cm³/mol. The third kappa shape index (κ3) is 27.0. The monoisotopic (exact) mass is 766 g/mol. The molecule has 0 N–H and O–H groups in total. The van der Waals surface area contributed by atoms with Crippen molar-refractivity contribution in [1.29, 1.82) is 0 Å². The molecule has 0 unspecified atom stereocenters. The van der Waals surface area contributed by atoms with Gasteiger partial charge in [0.1, 0.15) is 0 Å². The summed E-state index contributed by atoms with van der Waals surface area (Å²) in [6.07, 6.45) is 0. The van der Waals surface area contributed by atoms with Gasteiger partial charge in [0.15, 0.2) is 0 Å². The van der Waals surface area contributed by atoms with E-state index in [9.17, 15) is 9.13 Å². The summed E-state index contributed by atoms with van der Waals surface area (Å²) in [6, 6.07) is 0. The van der Waals surface area contributed by atoms with Gasteiger partial charge in [0.25, 0.3) is 0 Å². The lowest BCUT2D eigenvalue weighted by Gasteiger charge is -2.24. The van der Waals surface area contributed by atoms with Gasteiger partial charge in [0.05, 0.1) is 93.3 Å². The molecule has 0 rings (SSSR count). The van der Waals surface area contributed by atoms with E-state index in [1.807, 2.05) is 27.7 Å². The van der Waals surface area contributed by atoms with Crippen molar-refractivity contribution in [3.8, 4) is 0 Å². The summed E-state index contributed by atoms with van der Waals surface area (Å²) in [5.41, 5.74) is 0. The van der Waals surface area contributed by atoms with Crippen LogP contribution in [0.3, 0.4) is 0 Å². The molecular formula is C18H46I2N2O6P2S2. The third-order valence-corrected chi connectivity index (χ3v) is 11.1. The van der Waals surface area contributed by atoms with E-state index in [4.69, 9.17) is 18.1 Å². The molecule has 0 atom stereocenters. The average Bonchev–Trinajstić information content (AvgIpc) is 2.53. The zero-order chi connectivity index (χ0) is 23.9. The van der Waals surface area contributed by atoms with Gasteiger partial charge in [-0.15, -0.1) is 0 Å². The highest BCUT2D eigenvalue weighted by Crippen LogP contribution is 2.61. The first-order valence-corrected chi connectivity index (χ1v) is 16.6. The molecule has 14 heteroatoms. The zero-order valence-corrected chi connectivity index (χ0v) is 29.2. The number of nitrogens with zero attached hydrogens (tertiary/aromatic N) is 2. The molecule has 0 bridgehead atoms. The molecule has 0 aliphatic heterocycles. The minimum atomic E-state index is -2.90. The van der Waals surface area contributed by atoms with Crippen molar-refractivity contribution in [2.45, 2.75) is 27.7 Å². The summed E-state index contributed by atoms with van der Waals surface area (Å²) in [4.78, 5) is 0. The Hall–Kier alpha value is 2.38. The van der Waals surface area contributed by atoms with Gasteiger partial charge in [0.2, 0.25) is 0 Å². The standard InChI is InChI=1S/2C9H23NO3PS.2HI/c2*1-6-12-14(11,13-7-2)15-9-8-10(3,4)5;;/h2*6-9H2,1-5H3;2*1H/q2*+1;;/p-2. The van der Waals surface area contributed by atoms with E-state index in [2.05, 4.69) is 42.3 Å². The summed E-state index contributed by atoms with van der Waals surface area (Å²) in [5.74, 6) is 1.56. The molecule has 8 nitrogen and oxygen atoms in total. The molecule has 0 saturated heterocycles. The lowest BCUT2D eigenvalue weighted by atomic mass is 10.6. The van der Waals surface area contributed by atoms with E-state index in [-0.39, 0.29) is 48.0 Å². The minimum absolute atomic E-state index is 0. The molecule has 0 aliphatic carbocycles. The molecule has 0 aromatic rings. The summed E-state index contributed by atoms with van der Waals surface area (Å²) < 4.78 is 46.4. The summed E-state index contributed by atoms with van der Waals surface area (Å²) in [7, 11) is 12.6. The van der Waals surface area contributed by atoms with E-state index < -0.39 is 13.6 Å². The van der Waals surface area contributed by atoms with Crippen LogP contribution in [0.25, 0.3) is 0 Å². The number of hydrogen-bond acceptors (Lipinski definition) is 8. The Morgan fingerprint density at radius 1 is 0.562 bits per heavy atom. The largest absolute Gasteiger partial charge is 1.00 e. The van der Waals surface area contributed by atoms with E-state index in [0.717, 1.165) is 33.6 Å².